The number of carbonyl (C=O) groups is 1. The van der Waals surface area contributed by atoms with Gasteiger partial charge in [-0.05, 0) is 57.9 Å². The van der Waals surface area contributed by atoms with Gasteiger partial charge < -0.3 is 9.88 Å². The average molecular weight is 365 g/mol. The van der Waals surface area contributed by atoms with Crippen LogP contribution in [0.5, 0.6) is 0 Å². The van der Waals surface area contributed by atoms with Crippen molar-refractivity contribution in [2.75, 3.05) is 6.54 Å². The van der Waals surface area contributed by atoms with Gasteiger partial charge in [-0.2, -0.15) is 5.10 Å². The smallest absolute Gasteiger partial charge is 0.253 e. The molecule has 0 saturated heterocycles. The van der Waals surface area contributed by atoms with E-state index in [0.717, 1.165) is 35.1 Å². The Balaban J connectivity index is 1.67. The molecule has 1 unspecified atom stereocenters. The van der Waals surface area contributed by atoms with Gasteiger partial charge in [-0.1, -0.05) is 13.0 Å². The molecule has 1 N–H and O–H groups in total. The molecule has 0 saturated carbocycles. The number of nitrogens with zero attached hydrogens (tertiary/aromatic N) is 4. The lowest BCUT2D eigenvalue weighted by Gasteiger charge is -2.14. The van der Waals surface area contributed by atoms with Crippen LogP contribution in [-0.2, 0) is 6.54 Å². The van der Waals surface area contributed by atoms with Gasteiger partial charge in [-0.3, -0.25) is 9.48 Å². The van der Waals surface area contributed by atoms with E-state index in [1.54, 1.807) is 6.20 Å². The average Bonchev–Trinajstić information content (AvgIpc) is 3.11. The zero-order valence-electron chi connectivity index (χ0n) is 16.7. The van der Waals surface area contributed by atoms with Gasteiger partial charge in [0.15, 0.2) is 0 Å². The molecule has 3 aromatic heterocycles. The van der Waals surface area contributed by atoms with Gasteiger partial charge in [0.25, 0.3) is 5.91 Å². The van der Waals surface area contributed by atoms with E-state index in [9.17, 15) is 4.79 Å². The number of hydrogen-bond donors (Lipinski definition) is 1. The minimum absolute atomic E-state index is 0.0505. The third-order valence-corrected chi connectivity index (χ3v) is 4.75. The molecule has 0 fully saturated rings. The second kappa shape index (κ2) is 7.78. The van der Waals surface area contributed by atoms with Gasteiger partial charge in [0.1, 0.15) is 5.82 Å². The molecule has 1 atom stereocenters. The molecule has 0 aromatic carbocycles. The van der Waals surface area contributed by atoms with Crippen molar-refractivity contribution < 1.29 is 4.79 Å². The van der Waals surface area contributed by atoms with Gasteiger partial charge in [-0.25, -0.2) is 4.98 Å². The first kappa shape index (κ1) is 18.9. The van der Waals surface area contributed by atoms with Crippen molar-refractivity contribution in [1.82, 2.24) is 24.6 Å². The van der Waals surface area contributed by atoms with Crippen molar-refractivity contribution in [2.45, 2.75) is 41.2 Å². The van der Waals surface area contributed by atoms with Crippen LogP contribution in [0.1, 0.15) is 40.1 Å². The Labute approximate surface area is 160 Å². The maximum atomic E-state index is 12.7. The number of hydrogen-bond acceptors (Lipinski definition) is 3. The monoisotopic (exact) mass is 365 g/mol. The molecule has 3 heterocycles. The van der Waals surface area contributed by atoms with E-state index in [4.69, 9.17) is 0 Å². The maximum Gasteiger partial charge on any atom is 0.253 e. The first-order chi connectivity index (χ1) is 12.9. The molecule has 0 spiro atoms. The minimum atomic E-state index is -0.0505. The maximum absolute atomic E-state index is 12.7. The molecule has 3 rings (SSSR count). The van der Waals surface area contributed by atoms with Crippen molar-refractivity contribution in [3.8, 4) is 5.82 Å². The van der Waals surface area contributed by atoms with Crippen LogP contribution in [0, 0.1) is 33.6 Å². The Morgan fingerprint density at radius 2 is 1.93 bits per heavy atom. The Hall–Kier alpha value is -2.89. The molecule has 6 heteroatoms. The van der Waals surface area contributed by atoms with Crippen molar-refractivity contribution in [3.63, 3.8) is 0 Å². The number of rotatable bonds is 6. The molecule has 142 valence electrons. The lowest BCUT2D eigenvalue weighted by atomic mass is 10.1. The second-order valence-corrected chi connectivity index (χ2v) is 7.23. The number of nitrogens with one attached hydrogen (secondary N) is 1. The Morgan fingerprint density at radius 3 is 2.56 bits per heavy atom. The summed E-state index contributed by atoms with van der Waals surface area (Å²) in [6.07, 6.45) is 1.76. The third kappa shape index (κ3) is 4.10. The molecule has 0 bridgehead atoms. The number of carbonyl (C=O) groups excluding carboxylic acids is 1. The number of aryl methyl sites for hydroxylation is 3. The fraction of sp³-hybridized carbons (Fsp3) is 0.381. The molecule has 0 aliphatic rings. The van der Waals surface area contributed by atoms with E-state index >= 15 is 0 Å². The summed E-state index contributed by atoms with van der Waals surface area (Å²) in [7, 11) is 0. The molecule has 3 aromatic rings. The van der Waals surface area contributed by atoms with Crippen molar-refractivity contribution in [2.24, 2.45) is 5.92 Å². The van der Waals surface area contributed by atoms with Gasteiger partial charge in [0.05, 0.1) is 11.3 Å². The van der Waals surface area contributed by atoms with Gasteiger partial charge in [0, 0.05) is 36.4 Å². The highest BCUT2D eigenvalue weighted by Crippen LogP contribution is 2.19. The summed E-state index contributed by atoms with van der Waals surface area (Å²) in [5, 5.41) is 7.56. The topological polar surface area (TPSA) is 64.7 Å². The lowest BCUT2D eigenvalue weighted by molar-refractivity contribution is 0.0946. The standard InChI is InChI=1S/C21H27N5O/c1-14(13-25-16(3)10-15(2)24-25)12-23-21(27)19-11-17(4)26(18(19)5)20-8-6-7-9-22-20/h6-11,14H,12-13H2,1-5H3,(H,23,27). The summed E-state index contributed by atoms with van der Waals surface area (Å²) >= 11 is 0. The summed E-state index contributed by atoms with van der Waals surface area (Å²) in [6.45, 7) is 11.5. The highest BCUT2D eigenvalue weighted by molar-refractivity contribution is 5.95. The van der Waals surface area contributed by atoms with Crippen LogP contribution >= 0.6 is 0 Å². The molecule has 0 aliphatic carbocycles. The Morgan fingerprint density at radius 1 is 1.15 bits per heavy atom. The summed E-state index contributed by atoms with van der Waals surface area (Å²) in [5.41, 5.74) is 4.74. The quantitative estimate of drug-likeness (QED) is 0.728. The SMILES string of the molecule is Cc1cc(C)n(CC(C)CNC(=O)c2cc(C)n(-c3ccccn3)c2C)n1. The van der Waals surface area contributed by atoms with Crippen LogP contribution in [0.2, 0.25) is 0 Å². The Bertz CT molecular complexity index is 939. The molecule has 27 heavy (non-hydrogen) atoms. The van der Waals surface area contributed by atoms with Gasteiger partial charge in [0.2, 0.25) is 0 Å². The predicted molar refractivity (Wildman–Crippen MR) is 106 cm³/mol. The summed E-state index contributed by atoms with van der Waals surface area (Å²) < 4.78 is 4.01. The molecule has 6 nitrogen and oxygen atoms in total. The van der Waals surface area contributed by atoms with E-state index in [1.165, 1.54) is 0 Å². The Kier molecular flexibility index (Phi) is 5.44. The van der Waals surface area contributed by atoms with Crippen LogP contribution < -0.4 is 5.32 Å². The normalized spacial score (nSPS) is 12.2. The highest BCUT2D eigenvalue weighted by atomic mass is 16.1. The number of aromatic nitrogens is 4. The van der Waals surface area contributed by atoms with Crippen molar-refractivity contribution in [3.05, 3.63) is 64.9 Å². The van der Waals surface area contributed by atoms with Crippen LogP contribution in [0.25, 0.3) is 5.82 Å². The zero-order valence-corrected chi connectivity index (χ0v) is 16.7. The summed E-state index contributed by atoms with van der Waals surface area (Å²) in [5.74, 6) is 1.06. The van der Waals surface area contributed by atoms with E-state index in [1.807, 2.05) is 54.3 Å². The van der Waals surface area contributed by atoms with Crippen LogP contribution in [0.15, 0.2) is 36.5 Å². The van der Waals surface area contributed by atoms with Crippen LogP contribution in [0.4, 0.5) is 0 Å². The zero-order chi connectivity index (χ0) is 19.6. The minimum Gasteiger partial charge on any atom is -0.352 e. The first-order valence-electron chi connectivity index (χ1n) is 9.26. The molecular weight excluding hydrogens is 338 g/mol. The highest BCUT2D eigenvalue weighted by Gasteiger charge is 2.18. The number of amides is 1. The van der Waals surface area contributed by atoms with Gasteiger partial charge in [-0.15, -0.1) is 0 Å². The van der Waals surface area contributed by atoms with Crippen LogP contribution in [0.3, 0.4) is 0 Å². The number of pyridine rings is 1. The van der Waals surface area contributed by atoms with Crippen molar-refractivity contribution >= 4 is 5.91 Å². The van der Waals surface area contributed by atoms with E-state index in [2.05, 4.69) is 35.3 Å². The van der Waals surface area contributed by atoms with Gasteiger partial charge >= 0.3 is 0 Å². The largest absolute Gasteiger partial charge is 0.352 e. The first-order valence-corrected chi connectivity index (χ1v) is 9.26. The summed E-state index contributed by atoms with van der Waals surface area (Å²) in [6, 6.07) is 9.76. The molecule has 0 aliphatic heterocycles. The predicted octanol–water partition coefficient (Wildman–Crippen LogP) is 3.37. The second-order valence-electron chi connectivity index (χ2n) is 7.23. The van der Waals surface area contributed by atoms with E-state index in [-0.39, 0.29) is 11.8 Å². The van der Waals surface area contributed by atoms with Crippen LogP contribution in [-0.4, -0.2) is 31.8 Å². The fourth-order valence-electron chi connectivity index (χ4n) is 3.41. The molecule has 1 amide bonds. The van der Waals surface area contributed by atoms with Crippen molar-refractivity contribution in [1.29, 1.82) is 0 Å². The fourth-order valence-corrected chi connectivity index (χ4v) is 3.41. The van der Waals surface area contributed by atoms with E-state index in [0.29, 0.717) is 12.1 Å². The lowest BCUT2D eigenvalue weighted by Crippen LogP contribution is -2.30. The molecule has 0 radical (unpaired) electrons. The van der Waals surface area contributed by atoms with E-state index < -0.39 is 0 Å². The third-order valence-electron chi connectivity index (χ3n) is 4.75. The molecular formula is C21H27N5O. The summed E-state index contributed by atoms with van der Waals surface area (Å²) in [4.78, 5) is 17.1.